The first kappa shape index (κ1) is 40.1. The Morgan fingerprint density at radius 3 is 1.41 bits per heavy atom. The molecule has 0 atom stereocenters. The van der Waals surface area contributed by atoms with Crippen molar-refractivity contribution in [2.45, 2.75) is 188 Å². The van der Waals surface area contributed by atoms with Gasteiger partial charge in [0.25, 0.3) is 0 Å². The first-order valence-electron chi connectivity index (χ1n) is 17.2. The van der Waals surface area contributed by atoms with Gasteiger partial charge in [0, 0.05) is 13.0 Å². The molecule has 0 rings (SSSR count). The van der Waals surface area contributed by atoms with Gasteiger partial charge in [-0.15, -0.1) is 0 Å². The lowest BCUT2D eigenvalue weighted by Crippen LogP contribution is -1.93. The highest BCUT2D eigenvalue weighted by Crippen LogP contribution is 2.14. The van der Waals surface area contributed by atoms with Crippen molar-refractivity contribution in [3.05, 3.63) is 24.3 Å². The fourth-order valence-electron chi connectivity index (χ4n) is 4.70. The summed E-state index contributed by atoms with van der Waals surface area (Å²) in [6.07, 6.45) is 41.5. The van der Waals surface area contributed by atoms with Crippen molar-refractivity contribution in [1.82, 2.24) is 0 Å². The van der Waals surface area contributed by atoms with Crippen molar-refractivity contribution in [1.29, 1.82) is 0 Å². The summed E-state index contributed by atoms with van der Waals surface area (Å²) < 4.78 is 0. The van der Waals surface area contributed by atoms with Gasteiger partial charge in [0.15, 0.2) is 0 Å². The number of unbranched alkanes of at least 4 members (excludes halogenated alkanes) is 20. The molecular formula is C36H70O3. The molecule has 0 aliphatic carbocycles. The summed E-state index contributed by atoms with van der Waals surface area (Å²) in [4.78, 5) is 10.3. The first-order valence-corrected chi connectivity index (χ1v) is 17.2. The molecule has 0 aromatic carbocycles. The Bertz CT molecular complexity index is 509. The Hall–Kier alpha value is -1.09. The minimum Gasteiger partial charge on any atom is -0.481 e. The van der Waals surface area contributed by atoms with Crippen LogP contribution in [-0.2, 0) is 4.79 Å². The third-order valence-corrected chi connectivity index (χ3v) is 7.28. The molecule has 0 radical (unpaired) electrons. The van der Waals surface area contributed by atoms with Gasteiger partial charge in [0.05, 0.1) is 0 Å². The van der Waals surface area contributed by atoms with E-state index in [4.69, 9.17) is 10.2 Å². The fraction of sp³-hybridized carbons (Fsp3) is 0.861. The molecule has 3 nitrogen and oxygen atoms in total. The highest BCUT2D eigenvalue weighted by Gasteiger charge is 1.97. The van der Waals surface area contributed by atoms with Crippen LogP contribution in [-0.4, -0.2) is 22.8 Å². The number of aliphatic hydroxyl groups is 1. The summed E-state index contributed by atoms with van der Waals surface area (Å²) in [7, 11) is 0. The number of carbonyl (C=O) groups is 1. The van der Waals surface area contributed by atoms with E-state index in [0.717, 1.165) is 38.0 Å². The van der Waals surface area contributed by atoms with Crippen LogP contribution in [0.4, 0.5) is 0 Å². The van der Waals surface area contributed by atoms with Crippen LogP contribution in [0.1, 0.15) is 188 Å². The van der Waals surface area contributed by atoms with E-state index in [9.17, 15) is 4.79 Å². The average molecular weight is 551 g/mol. The van der Waals surface area contributed by atoms with Gasteiger partial charge in [-0.3, -0.25) is 4.79 Å². The van der Waals surface area contributed by atoms with Crippen molar-refractivity contribution < 1.29 is 15.0 Å². The molecule has 0 aliphatic rings. The lowest BCUT2D eigenvalue weighted by molar-refractivity contribution is -0.137. The smallest absolute Gasteiger partial charge is 0.303 e. The summed E-state index contributed by atoms with van der Waals surface area (Å²) >= 11 is 0. The Morgan fingerprint density at radius 1 is 0.564 bits per heavy atom. The van der Waals surface area contributed by atoms with Crippen molar-refractivity contribution in [3.63, 3.8) is 0 Å². The molecule has 3 heteroatoms. The van der Waals surface area contributed by atoms with Gasteiger partial charge >= 0.3 is 5.97 Å². The van der Waals surface area contributed by atoms with Gasteiger partial charge in [-0.25, -0.2) is 0 Å². The van der Waals surface area contributed by atoms with E-state index in [2.05, 4.69) is 45.1 Å². The van der Waals surface area contributed by atoms with Gasteiger partial charge in [-0.1, -0.05) is 161 Å². The first-order chi connectivity index (χ1) is 19.0. The molecule has 0 heterocycles. The number of carboxylic acid groups (broad SMARTS) is 1. The second-order valence-corrected chi connectivity index (χ2v) is 11.9. The zero-order chi connectivity index (χ0) is 29.1. The molecule has 2 N–H and O–H groups in total. The van der Waals surface area contributed by atoms with E-state index in [0.29, 0.717) is 13.0 Å². The quantitative estimate of drug-likeness (QED) is 0.0719. The van der Waals surface area contributed by atoms with Gasteiger partial charge in [-0.2, -0.15) is 0 Å². The molecule has 39 heavy (non-hydrogen) atoms. The number of hydrogen-bond acceptors (Lipinski definition) is 2. The van der Waals surface area contributed by atoms with E-state index < -0.39 is 5.97 Å². The SMILES string of the molecule is CC(C)CCCCCCCCCCCCCCCO.CCCCC/C=C\C/C=C\CCCCCCCC(=O)O. The normalized spacial score (nSPS) is 11.5. The van der Waals surface area contributed by atoms with Crippen LogP contribution in [0, 0.1) is 5.92 Å². The van der Waals surface area contributed by atoms with Crippen LogP contribution in [0.3, 0.4) is 0 Å². The largest absolute Gasteiger partial charge is 0.481 e. The van der Waals surface area contributed by atoms with Gasteiger partial charge < -0.3 is 10.2 Å². The number of hydrogen-bond donors (Lipinski definition) is 2. The lowest BCUT2D eigenvalue weighted by atomic mass is 10.0. The second kappa shape index (κ2) is 36.9. The number of allylic oxidation sites excluding steroid dienone is 4. The van der Waals surface area contributed by atoms with Crippen LogP contribution < -0.4 is 0 Å². The molecule has 0 aliphatic heterocycles. The predicted molar refractivity (Wildman–Crippen MR) is 174 cm³/mol. The highest BCUT2D eigenvalue weighted by atomic mass is 16.4. The van der Waals surface area contributed by atoms with Crippen LogP contribution in [0.2, 0.25) is 0 Å². The molecular weight excluding hydrogens is 480 g/mol. The molecule has 0 unspecified atom stereocenters. The van der Waals surface area contributed by atoms with Crippen LogP contribution in [0.5, 0.6) is 0 Å². The number of aliphatic carboxylic acids is 1. The summed E-state index contributed by atoms with van der Waals surface area (Å²) in [5.41, 5.74) is 0. The van der Waals surface area contributed by atoms with E-state index >= 15 is 0 Å². The second-order valence-electron chi connectivity index (χ2n) is 11.9. The Morgan fingerprint density at radius 2 is 0.974 bits per heavy atom. The maximum absolute atomic E-state index is 10.3. The molecule has 0 aromatic heterocycles. The van der Waals surface area contributed by atoms with Gasteiger partial charge in [0.2, 0.25) is 0 Å². The zero-order valence-electron chi connectivity index (χ0n) is 26.8. The van der Waals surface area contributed by atoms with E-state index in [1.165, 1.54) is 128 Å². The van der Waals surface area contributed by atoms with Crippen LogP contribution in [0.25, 0.3) is 0 Å². The maximum atomic E-state index is 10.3. The van der Waals surface area contributed by atoms with E-state index in [1.807, 2.05) is 0 Å². The molecule has 232 valence electrons. The Balaban J connectivity index is 0. The zero-order valence-corrected chi connectivity index (χ0v) is 26.8. The van der Waals surface area contributed by atoms with Crippen LogP contribution in [0.15, 0.2) is 24.3 Å². The molecule has 0 aromatic rings. The van der Waals surface area contributed by atoms with Crippen LogP contribution >= 0.6 is 0 Å². The van der Waals surface area contributed by atoms with Crippen molar-refractivity contribution in [3.8, 4) is 0 Å². The summed E-state index contributed by atoms with van der Waals surface area (Å²) in [5.74, 6) is 0.216. The van der Waals surface area contributed by atoms with E-state index in [-0.39, 0.29) is 0 Å². The topological polar surface area (TPSA) is 57.5 Å². The predicted octanol–water partition coefficient (Wildman–Crippen LogP) is 12.0. The minimum atomic E-state index is -0.671. The molecule has 0 bridgehead atoms. The number of aliphatic hydroxyl groups excluding tert-OH is 1. The molecule has 0 amide bonds. The number of rotatable bonds is 29. The molecule has 0 saturated heterocycles. The summed E-state index contributed by atoms with van der Waals surface area (Å²) in [6.45, 7) is 7.25. The van der Waals surface area contributed by atoms with Crippen molar-refractivity contribution in [2.24, 2.45) is 5.92 Å². The maximum Gasteiger partial charge on any atom is 0.303 e. The number of carboxylic acids is 1. The molecule has 0 saturated carbocycles. The molecule has 0 spiro atoms. The summed E-state index contributed by atoms with van der Waals surface area (Å²) in [6, 6.07) is 0. The Labute approximate surface area is 245 Å². The van der Waals surface area contributed by atoms with Gasteiger partial charge in [-0.05, 0) is 50.9 Å². The lowest BCUT2D eigenvalue weighted by Gasteiger charge is -2.04. The third kappa shape index (κ3) is 44.2. The minimum absolute atomic E-state index is 0.324. The van der Waals surface area contributed by atoms with Crippen molar-refractivity contribution in [2.75, 3.05) is 6.61 Å². The Kier molecular flexibility index (Phi) is 37.9. The highest BCUT2D eigenvalue weighted by molar-refractivity contribution is 5.66. The van der Waals surface area contributed by atoms with Crippen molar-refractivity contribution >= 4 is 5.97 Å². The third-order valence-electron chi connectivity index (χ3n) is 7.28. The summed E-state index contributed by atoms with van der Waals surface area (Å²) in [5, 5.41) is 17.2. The monoisotopic (exact) mass is 551 g/mol. The van der Waals surface area contributed by atoms with E-state index in [1.54, 1.807) is 0 Å². The molecule has 0 fully saturated rings. The van der Waals surface area contributed by atoms with Gasteiger partial charge in [0.1, 0.15) is 0 Å². The average Bonchev–Trinajstić information content (AvgIpc) is 2.91. The standard InChI is InChI=1S/C18H32O2.C18H38O/c1-2-3-4-5-6-7-8-9-10-11-12-13-14-15-16-17-18(19)20;1-18(2)16-14-12-10-8-6-4-3-5-7-9-11-13-15-17-19/h6-7,9-10H,2-5,8,11-17H2,1H3,(H,19,20);18-19H,3-17H2,1-2H3/b7-6-,10-9-;. The fourth-order valence-corrected chi connectivity index (χ4v) is 4.70.